The topological polar surface area (TPSA) is 38.8 Å². The summed E-state index contributed by atoms with van der Waals surface area (Å²) in [6.07, 6.45) is 1.02. The molecule has 0 aliphatic carbocycles. The third-order valence-corrected chi connectivity index (χ3v) is 3.40. The second-order valence-electron chi connectivity index (χ2n) is 4.53. The number of ether oxygens (including phenoxy) is 2. The molecule has 0 aromatic heterocycles. The Morgan fingerprint density at radius 2 is 2.06 bits per heavy atom. The van der Waals surface area contributed by atoms with Crippen molar-refractivity contribution < 1.29 is 14.3 Å². The maximum atomic E-state index is 11.7. The van der Waals surface area contributed by atoms with E-state index in [1.165, 1.54) is 5.56 Å². The van der Waals surface area contributed by atoms with E-state index in [9.17, 15) is 4.79 Å². The fourth-order valence-electron chi connectivity index (χ4n) is 2.35. The van der Waals surface area contributed by atoms with Crippen molar-refractivity contribution in [3.05, 3.63) is 29.8 Å². The lowest BCUT2D eigenvalue weighted by Crippen LogP contribution is -2.31. The van der Waals surface area contributed by atoms with E-state index in [0.717, 1.165) is 25.3 Å². The lowest BCUT2D eigenvalue weighted by Gasteiger charge is -2.16. The van der Waals surface area contributed by atoms with Crippen LogP contribution in [0.25, 0.3) is 0 Å². The number of benzene rings is 1. The third kappa shape index (κ3) is 2.82. The van der Waals surface area contributed by atoms with Crippen molar-refractivity contribution >= 4 is 5.91 Å². The molecule has 4 heteroatoms. The fourth-order valence-corrected chi connectivity index (χ4v) is 2.35. The first-order valence-corrected chi connectivity index (χ1v) is 6.15. The number of rotatable bonds is 4. The van der Waals surface area contributed by atoms with Crippen LogP contribution in [0, 0.1) is 0 Å². The monoisotopic (exact) mass is 249 g/mol. The van der Waals surface area contributed by atoms with Crippen LogP contribution < -0.4 is 4.74 Å². The molecule has 0 bridgehead atoms. The van der Waals surface area contributed by atoms with Gasteiger partial charge in [-0.25, -0.2) is 0 Å². The van der Waals surface area contributed by atoms with Gasteiger partial charge in [0.1, 0.15) is 12.4 Å². The molecule has 1 atom stereocenters. The van der Waals surface area contributed by atoms with Gasteiger partial charge in [0, 0.05) is 26.1 Å². The molecule has 1 aromatic carbocycles. The van der Waals surface area contributed by atoms with Crippen molar-refractivity contribution in [2.45, 2.75) is 12.3 Å². The number of likely N-dealkylation sites (tertiary alicyclic amines) is 1. The summed E-state index contributed by atoms with van der Waals surface area (Å²) in [5.74, 6) is 1.37. The molecule has 0 unspecified atom stereocenters. The molecule has 0 N–H and O–H groups in total. The smallest absolute Gasteiger partial charge is 0.248 e. The number of carbonyl (C=O) groups excluding carboxylic acids is 1. The number of carbonyl (C=O) groups is 1. The predicted molar refractivity (Wildman–Crippen MR) is 68.8 cm³/mol. The SMILES string of the molecule is COCC(=O)N1CC[C@H](c2ccc(OC)cc2)C1. The molecule has 0 radical (unpaired) electrons. The van der Waals surface area contributed by atoms with Crippen LogP contribution in [0.2, 0.25) is 0 Å². The van der Waals surface area contributed by atoms with E-state index in [2.05, 4.69) is 12.1 Å². The largest absolute Gasteiger partial charge is 0.497 e. The number of methoxy groups -OCH3 is 2. The first-order valence-electron chi connectivity index (χ1n) is 6.15. The van der Waals surface area contributed by atoms with Crippen molar-refractivity contribution in [2.24, 2.45) is 0 Å². The van der Waals surface area contributed by atoms with E-state index in [1.54, 1.807) is 14.2 Å². The molecule has 4 nitrogen and oxygen atoms in total. The van der Waals surface area contributed by atoms with Crippen molar-refractivity contribution in [2.75, 3.05) is 33.9 Å². The van der Waals surface area contributed by atoms with E-state index < -0.39 is 0 Å². The highest BCUT2D eigenvalue weighted by molar-refractivity contribution is 5.77. The molecule has 2 rings (SSSR count). The first kappa shape index (κ1) is 12.9. The summed E-state index contributed by atoms with van der Waals surface area (Å²) in [6.45, 7) is 1.78. The van der Waals surface area contributed by atoms with Gasteiger partial charge in [0.2, 0.25) is 5.91 Å². The minimum absolute atomic E-state index is 0.0773. The van der Waals surface area contributed by atoms with Gasteiger partial charge in [-0.05, 0) is 24.1 Å². The summed E-state index contributed by atoms with van der Waals surface area (Å²) < 4.78 is 10.0. The van der Waals surface area contributed by atoms with Crippen molar-refractivity contribution in [3.8, 4) is 5.75 Å². The maximum absolute atomic E-state index is 11.7. The Balaban J connectivity index is 1.97. The van der Waals surface area contributed by atoms with Crippen LogP contribution >= 0.6 is 0 Å². The van der Waals surface area contributed by atoms with Crippen LogP contribution in [0.1, 0.15) is 17.9 Å². The van der Waals surface area contributed by atoms with Gasteiger partial charge in [-0.1, -0.05) is 12.1 Å². The number of hydrogen-bond donors (Lipinski definition) is 0. The van der Waals surface area contributed by atoms with Crippen LogP contribution in [0.15, 0.2) is 24.3 Å². The Morgan fingerprint density at radius 1 is 1.33 bits per heavy atom. The standard InChI is InChI=1S/C14H19NO3/c1-17-10-14(16)15-8-7-12(9-15)11-3-5-13(18-2)6-4-11/h3-6,12H,7-10H2,1-2H3/t12-/m0/s1. The van der Waals surface area contributed by atoms with Crippen LogP contribution in [-0.2, 0) is 9.53 Å². The van der Waals surface area contributed by atoms with E-state index in [4.69, 9.17) is 9.47 Å². The molecule has 1 aromatic rings. The Bertz CT molecular complexity index is 402. The highest BCUT2D eigenvalue weighted by Crippen LogP contribution is 2.28. The van der Waals surface area contributed by atoms with E-state index in [1.807, 2.05) is 17.0 Å². The van der Waals surface area contributed by atoms with E-state index in [0.29, 0.717) is 5.92 Å². The summed E-state index contributed by atoms with van der Waals surface area (Å²) in [4.78, 5) is 13.6. The number of hydrogen-bond acceptors (Lipinski definition) is 3. The second-order valence-corrected chi connectivity index (χ2v) is 4.53. The Hall–Kier alpha value is -1.55. The molecular weight excluding hydrogens is 230 g/mol. The van der Waals surface area contributed by atoms with Gasteiger partial charge in [0.25, 0.3) is 0 Å². The quantitative estimate of drug-likeness (QED) is 0.814. The lowest BCUT2D eigenvalue weighted by atomic mass is 9.98. The molecule has 1 amide bonds. The highest BCUT2D eigenvalue weighted by atomic mass is 16.5. The third-order valence-electron chi connectivity index (χ3n) is 3.40. The van der Waals surface area contributed by atoms with Gasteiger partial charge >= 0.3 is 0 Å². The van der Waals surface area contributed by atoms with Gasteiger partial charge in [-0.15, -0.1) is 0 Å². The van der Waals surface area contributed by atoms with Crippen molar-refractivity contribution in [1.29, 1.82) is 0 Å². The van der Waals surface area contributed by atoms with Crippen molar-refractivity contribution in [3.63, 3.8) is 0 Å². The summed E-state index contributed by atoms with van der Waals surface area (Å²) >= 11 is 0. The predicted octanol–water partition coefficient (Wildman–Crippen LogP) is 1.66. The summed E-state index contributed by atoms with van der Waals surface area (Å²) in [7, 11) is 3.21. The van der Waals surface area contributed by atoms with E-state index in [-0.39, 0.29) is 12.5 Å². The number of amides is 1. The van der Waals surface area contributed by atoms with Gasteiger partial charge in [0.15, 0.2) is 0 Å². The zero-order valence-electron chi connectivity index (χ0n) is 10.9. The molecule has 0 saturated carbocycles. The lowest BCUT2D eigenvalue weighted by molar-refractivity contribution is -0.134. The highest BCUT2D eigenvalue weighted by Gasteiger charge is 2.26. The fraction of sp³-hybridized carbons (Fsp3) is 0.500. The molecule has 1 saturated heterocycles. The van der Waals surface area contributed by atoms with Crippen LogP contribution in [0.3, 0.4) is 0 Å². The first-order chi connectivity index (χ1) is 8.74. The van der Waals surface area contributed by atoms with Gasteiger partial charge in [-0.2, -0.15) is 0 Å². The Morgan fingerprint density at radius 3 is 2.67 bits per heavy atom. The van der Waals surface area contributed by atoms with Crippen LogP contribution in [-0.4, -0.2) is 44.7 Å². The average Bonchev–Trinajstić information content (AvgIpc) is 2.89. The van der Waals surface area contributed by atoms with Crippen molar-refractivity contribution in [1.82, 2.24) is 4.90 Å². The molecule has 98 valence electrons. The Kier molecular flexibility index (Phi) is 4.20. The second kappa shape index (κ2) is 5.87. The van der Waals surface area contributed by atoms with Crippen LogP contribution in [0.4, 0.5) is 0 Å². The molecule has 1 aliphatic rings. The minimum atomic E-state index is 0.0773. The normalized spacial score (nSPS) is 19.0. The zero-order chi connectivity index (χ0) is 13.0. The molecule has 1 heterocycles. The van der Waals surface area contributed by atoms with E-state index >= 15 is 0 Å². The average molecular weight is 249 g/mol. The summed E-state index contributed by atoms with van der Waals surface area (Å²) in [5.41, 5.74) is 1.27. The summed E-state index contributed by atoms with van der Waals surface area (Å²) in [5, 5.41) is 0. The molecule has 1 fully saturated rings. The molecule has 18 heavy (non-hydrogen) atoms. The molecule has 1 aliphatic heterocycles. The maximum Gasteiger partial charge on any atom is 0.248 e. The van der Waals surface area contributed by atoms with Gasteiger partial charge in [0.05, 0.1) is 7.11 Å². The molecule has 0 spiro atoms. The van der Waals surface area contributed by atoms with Gasteiger partial charge < -0.3 is 14.4 Å². The Labute approximate surface area is 107 Å². The summed E-state index contributed by atoms with van der Waals surface area (Å²) in [6, 6.07) is 8.09. The zero-order valence-corrected chi connectivity index (χ0v) is 10.9. The van der Waals surface area contributed by atoms with Gasteiger partial charge in [-0.3, -0.25) is 4.79 Å². The molecular formula is C14H19NO3. The minimum Gasteiger partial charge on any atom is -0.497 e. The van der Waals surface area contributed by atoms with Crippen LogP contribution in [0.5, 0.6) is 5.75 Å². The number of nitrogens with zero attached hydrogens (tertiary/aromatic N) is 1.